The zero-order valence-electron chi connectivity index (χ0n) is 7.09. The van der Waals surface area contributed by atoms with Crippen LogP contribution in [0, 0.1) is 11.3 Å². The lowest BCUT2D eigenvalue weighted by Crippen LogP contribution is -2.13. The molecule has 1 saturated carbocycles. The predicted molar refractivity (Wildman–Crippen MR) is 50.7 cm³/mol. The van der Waals surface area contributed by atoms with Crippen LogP contribution < -0.4 is 0 Å². The average Bonchev–Trinajstić information content (AvgIpc) is 2.66. The molecule has 0 aromatic carbocycles. The van der Waals surface area contributed by atoms with Gasteiger partial charge in [0.25, 0.3) is 0 Å². The fourth-order valence-corrected chi connectivity index (χ4v) is 2.97. The van der Waals surface area contributed by atoms with Gasteiger partial charge in [0, 0.05) is 5.41 Å². The molecule has 2 bridgehead atoms. The summed E-state index contributed by atoms with van der Waals surface area (Å²) >= 11 is 0. The molecule has 3 aliphatic carbocycles. The molecule has 0 aromatic heterocycles. The zero-order chi connectivity index (χ0) is 8.18. The average molecular weight is 156 g/mol. The Bertz CT molecular complexity index is 341. The first-order chi connectivity index (χ1) is 5.85. The number of fused-ring (bicyclic) bond motifs is 1. The van der Waals surface area contributed by atoms with E-state index in [1.54, 1.807) is 5.57 Å². The van der Waals surface area contributed by atoms with Gasteiger partial charge in [0.15, 0.2) is 0 Å². The van der Waals surface area contributed by atoms with E-state index in [0.717, 1.165) is 5.92 Å². The first kappa shape index (κ1) is 6.47. The lowest BCUT2D eigenvalue weighted by Gasteiger charge is -2.24. The Kier molecular flexibility index (Phi) is 0.982. The molecule has 0 saturated heterocycles. The highest BCUT2D eigenvalue weighted by molar-refractivity contribution is 5.54. The molecule has 3 rings (SSSR count). The van der Waals surface area contributed by atoms with Gasteiger partial charge in [0.05, 0.1) is 0 Å². The van der Waals surface area contributed by atoms with Gasteiger partial charge in [-0.05, 0) is 24.3 Å². The summed E-state index contributed by atoms with van der Waals surface area (Å²) in [5.41, 5.74) is 3.37. The van der Waals surface area contributed by atoms with E-state index in [4.69, 9.17) is 0 Å². The van der Waals surface area contributed by atoms with Gasteiger partial charge in [-0.3, -0.25) is 0 Å². The fourth-order valence-electron chi connectivity index (χ4n) is 2.97. The van der Waals surface area contributed by atoms with Crippen LogP contribution in [-0.2, 0) is 0 Å². The summed E-state index contributed by atoms with van der Waals surface area (Å²) in [7, 11) is 0. The number of hydrogen-bond donors (Lipinski definition) is 0. The minimum Gasteiger partial charge on any atom is -0.0988 e. The largest absolute Gasteiger partial charge is 0.0988 e. The van der Waals surface area contributed by atoms with Crippen molar-refractivity contribution >= 4 is 0 Å². The smallest absolute Gasteiger partial charge is 0.0350 e. The van der Waals surface area contributed by atoms with Crippen molar-refractivity contribution in [3.63, 3.8) is 0 Å². The molecule has 1 spiro atoms. The minimum atomic E-state index is 0.312. The van der Waals surface area contributed by atoms with Crippen LogP contribution in [0.15, 0.2) is 48.1 Å². The number of rotatable bonds is 1. The molecule has 2 atom stereocenters. The Morgan fingerprint density at radius 3 is 3.33 bits per heavy atom. The highest BCUT2D eigenvalue weighted by Crippen LogP contribution is 2.60. The van der Waals surface area contributed by atoms with Crippen LogP contribution in [0.4, 0.5) is 0 Å². The minimum absolute atomic E-state index is 0.312. The highest BCUT2D eigenvalue weighted by atomic mass is 14.5. The summed E-state index contributed by atoms with van der Waals surface area (Å²) in [5, 5.41) is 0. The lowest BCUT2D eigenvalue weighted by molar-refractivity contribution is 0.585. The summed E-state index contributed by atoms with van der Waals surface area (Å²) in [6.07, 6.45) is 13.9. The summed E-state index contributed by atoms with van der Waals surface area (Å²) in [4.78, 5) is 0. The summed E-state index contributed by atoms with van der Waals surface area (Å²) in [6.45, 7) is 3.89. The van der Waals surface area contributed by atoms with Gasteiger partial charge < -0.3 is 0 Å². The van der Waals surface area contributed by atoms with Gasteiger partial charge >= 0.3 is 0 Å². The predicted octanol–water partition coefficient (Wildman–Crippen LogP) is 3.01. The Labute approximate surface area is 73.0 Å². The van der Waals surface area contributed by atoms with Crippen molar-refractivity contribution in [3.8, 4) is 0 Å². The number of allylic oxidation sites excluding steroid dienone is 7. The van der Waals surface area contributed by atoms with Crippen molar-refractivity contribution in [2.45, 2.75) is 12.8 Å². The SMILES string of the molecule is C=CC1=CC2CC3=CC=CC13C2. The van der Waals surface area contributed by atoms with Crippen molar-refractivity contribution in [1.82, 2.24) is 0 Å². The van der Waals surface area contributed by atoms with Crippen molar-refractivity contribution < 1.29 is 0 Å². The van der Waals surface area contributed by atoms with Crippen LogP contribution in [0.5, 0.6) is 0 Å². The second-order valence-corrected chi connectivity index (χ2v) is 4.02. The fraction of sp³-hybridized carbons (Fsp3) is 0.333. The molecular formula is C12H12. The van der Waals surface area contributed by atoms with E-state index in [1.807, 2.05) is 6.08 Å². The van der Waals surface area contributed by atoms with Gasteiger partial charge in [-0.15, -0.1) is 0 Å². The van der Waals surface area contributed by atoms with Crippen LogP contribution in [0.25, 0.3) is 0 Å². The molecule has 0 amide bonds. The topological polar surface area (TPSA) is 0 Å². The maximum atomic E-state index is 3.89. The Balaban J connectivity index is 2.22. The third-order valence-electron chi connectivity index (χ3n) is 3.47. The van der Waals surface area contributed by atoms with Crippen molar-refractivity contribution in [2.75, 3.05) is 0 Å². The molecular weight excluding hydrogens is 144 g/mol. The van der Waals surface area contributed by atoms with Crippen LogP contribution in [-0.4, -0.2) is 0 Å². The Hall–Kier alpha value is -1.04. The van der Waals surface area contributed by atoms with E-state index in [9.17, 15) is 0 Å². The molecule has 0 aliphatic heterocycles. The molecule has 2 unspecified atom stereocenters. The lowest BCUT2D eigenvalue weighted by atomic mass is 9.79. The van der Waals surface area contributed by atoms with E-state index >= 15 is 0 Å². The van der Waals surface area contributed by atoms with Gasteiger partial charge in [-0.25, -0.2) is 0 Å². The normalized spacial score (nSPS) is 41.2. The monoisotopic (exact) mass is 156 g/mol. The molecule has 0 aromatic rings. The van der Waals surface area contributed by atoms with Crippen LogP contribution in [0.1, 0.15) is 12.8 Å². The third-order valence-corrected chi connectivity index (χ3v) is 3.47. The molecule has 3 aliphatic rings. The van der Waals surface area contributed by atoms with Crippen LogP contribution in [0.2, 0.25) is 0 Å². The van der Waals surface area contributed by atoms with Gasteiger partial charge in [0.2, 0.25) is 0 Å². The van der Waals surface area contributed by atoms with E-state index in [2.05, 4.69) is 30.9 Å². The second kappa shape index (κ2) is 1.82. The summed E-state index contributed by atoms with van der Waals surface area (Å²) < 4.78 is 0. The third kappa shape index (κ3) is 0.523. The van der Waals surface area contributed by atoms with Crippen LogP contribution in [0.3, 0.4) is 0 Å². The first-order valence-electron chi connectivity index (χ1n) is 4.59. The molecule has 0 heterocycles. The van der Waals surface area contributed by atoms with Crippen molar-refractivity contribution in [2.24, 2.45) is 11.3 Å². The van der Waals surface area contributed by atoms with E-state index in [1.165, 1.54) is 18.4 Å². The maximum Gasteiger partial charge on any atom is 0.0350 e. The maximum absolute atomic E-state index is 3.89. The molecule has 0 nitrogen and oxygen atoms in total. The van der Waals surface area contributed by atoms with Crippen molar-refractivity contribution in [1.29, 1.82) is 0 Å². The molecule has 1 fully saturated rings. The second-order valence-electron chi connectivity index (χ2n) is 4.02. The Morgan fingerprint density at radius 1 is 1.58 bits per heavy atom. The summed E-state index contributed by atoms with van der Waals surface area (Å²) in [6, 6.07) is 0. The standard InChI is InChI=1S/C12H12/c1-2-10-6-9-7-11-4-3-5-12(10,11)8-9/h2-6,9H,1,7-8H2. The van der Waals surface area contributed by atoms with E-state index in [-0.39, 0.29) is 0 Å². The molecule has 0 radical (unpaired) electrons. The van der Waals surface area contributed by atoms with Crippen LogP contribution >= 0.6 is 0 Å². The van der Waals surface area contributed by atoms with Gasteiger partial charge in [0.1, 0.15) is 0 Å². The number of hydrogen-bond acceptors (Lipinski definition) is 0. The van der Waals surface area contributed by atoms with Gasteiger partial charge in [-0.2, -0.15) is 0 Å². The molecule has 0 N–H and O–H groups in total. The molecule has 0 heteroatoms. The van der Waals surface area contributed by atoms with E-state index in [0.29, 0.717) is 5.41 Å². The highest BCUT2D eigenvalue weighted by Gasteiger charge is 2.48. The Morgan fingerprint density at radius 2 is 2.50 bits per heavy atom. The molecule has 60 valence electrons. The van der Waals surface area contributed by atoms with Gasteiger partial charge in [-0.1, -0.05) is 42.5 Å². The molecule has 12 heavy (non-hydrogen) atoms. The first-order valence-corrected chi connectivity index (χ1v) is 4.59. The quantitative estimate of drug-likeness (QED) is 0.547. The van der Waals surface area contributed by atoms with E-state index < -0.39 is 0 Å². The van der Waals surface area contributed by atoms with Crippen molar-refractivity contribution in [3.05, 3.63) is 48.1 Å². The zero-order valence-corrected chi connectivity index (χ0v) is 7.09. The summed E-state index contributed by atoms with van der Waals surface area (Å²) in [5.74, 6) is 0.800.